The molecule has 5 nitrogen and oxygen atoms in total. The molecule has 0 atom stereocenters. The molecule has 3 heterocycles. The van der Waals surface area contributed by atoms with Gasteiger partial charge in [0.2, 0.25) is 0 Å². The summed E-state index contributed by atoms with van der Waals surface area (Å²) in [5, 5.41) is 6.18. The lowest BCUT2D eigenvalue weighted by Gasteiger charge is -2.12. The van der Waals surface area contributed by atoms with Crippen LogP contribution >= 0.6 is 23.6 Å². The third-order valence-corrected chi connectivity index (χ3v) is 4.60. The third-order valence-electron chi connectivity index (χ3n) is 3.40. The lowest BCUT2D eigenvalue weighted by atomic mass is 10.3. The monoisotopic (exact) mass is 344 g/mol. The van der Waals surface area contributed by atoms with Crippen LogP contribution in [0, 0.1) is 0 Å². The van der Waals surface area contributed by atoms with E-state index in [1.54, 1.807) is 17.2 Å². The maximum absolute atomic E-state index is 12.4. The Kier molecular flexibility index (Phi) is 4.78. The van der Waals surface area contributed by atoms with E-state index in [4.69, 9.17) is 12.2 Å². The lowest BCUT2D eigenvalue weighted by molar-refractivity contribution is -0.122. The van der Waals surface area contributed by atoms with Gasteiger partial charge in [0.1, 0.15) is 10.7 Å². The highest BCUT2D eigenvalue weighted by atomic mass is 32.1. The van der Waals surface area contributed by atoms with Gasteiger partial charge in [-0.1, -0.05) is 19.4 Å². The number of amides is 1. The van der Waals surface area contributed by atoms with Gasteiger partial charge in [0.25, 0.3) is 5.91 Å². The molecule has 0 radical (unpaired) electrons. The van der Waals surface area contributed by atoms with E-state index in [1.807, 2.05) is 23.6 Å². The van der Waals surface area contributed by atoms with Crippen LogP contribution in [0.5, 0.6) is 0 Å². The quantitative estimate of drug-likeness (QED) is 0.667. The van der Waals surface area contributed by atoms with E-state index in [1.165, 1.54) is 11.3 Å². The maximum atomic E-state index is 12.4. The number of carbonyl (C=O) groups is 1. The van der Waals surface area contributed by atoms with Gasteiger partial charge in [-0.25, -0.2) is 4.98 Å². The summed E-state index contributed by atoms with van der Waals surface area (Å²) in [4.78, 5) is 22.8. The number of aromatic nitrogens is 2. The standard InChI is InChI=1S/C16H16N4OS2/c1-2-3-8-20-15(21)13(19-16(20)22)9-11-10-23-14(18-11)12-6-4-5-7-17-12/h4-7,9-10H,2-3,8H2,1H3,(H,19,22)/b13-9+. The van der Waals surface area contributed by atoms with Crippen molar-refractivity contribution in [3.63, 3.8) is 0 Å². The number of unbranched alkanes of at least 4 members (excludes halogenated alkanes) is 1. The van der Waals surface area contributed by atoms with Crippen LogP contribution in [0.15, 0.2) is 35.5 Å². The first-order chi connectivity index (χ1) is 11.2. The molecule has 7 heteroatoms. The topological polar surface area (TPSA) is 58.1 Å². The van der Waals surface area contributed by atoms with Gasteiger partial charge in [0, 0.05) is 18.1 Å². The van der Waals surface area contributed by atoms with Gasteiger partial charge in [-0.2, -0.15) is 0 Å². The number of nitrogens with one attached hydrogen (secondary N) is 1. The molecular formula is C16H16N4OS2. The molecule has 3 rings (SSSR count). The minimum Gasteiger partial charge on any atom is -0.328 e. The fraction of sp³-hybridized carbons (Fsp3) is 0.250. The number of thiazole rings is 1. The Labute approximate surface area is 144 Å². The Morgan fingerprint density at radius 3 is 3.04 bits per heavy atom. The van der Waals surface area contributed by atoms with Crippen LogP contribution in [0.2, 0.25) is 0 Å². The highest BCUT2D eigenvalue weighted by Gasteiger charge is 2.30. The van der Waals surface area contributed by atoms with Gasteiger partial charge in [-0.05, 0) is 36.8 Å². The predicted molar refractivity (Wildman–Crippen MR) is 95.7 cm³/mol. The predicted octanol–water partition coefficient (Wildman–Crippen LogP) is 3.06. The van der Waals surface area contributed by atoms with Gasteiger partial charge >= 0.3 is 0 Å². The Balaban J connectivity index is 1.79. The molecule has 1 aliphatic rings. The summed E-state index contributed by atoms with van der Waals surface area (Å²) >= 11 is 6.73. The number of hydrogen-bond donors (Lipinski definition) is 1. The van der Waals surface area contributed by atoms with Crippen LogP contribution in [0.1, 0.15) is 25.5 Å². The van der Waals surface area contributed by atoms with E-state index in [-0.39, 0.29) is 5.91 Å². The van der Waals surface area contributed by atoms with Crippen LogP contribution in [0.3, 0.4) is 0 Å². The zero-order valence-corrected chi connectivity index (χ0v) is 14.3. The van der Waals surface area contributed by atoms with Gasteiger partial charge in [-0.3, -0.25) is 14.7 Å². The first kappa shape index (κ1) is 15.8. The molecule has 0 unspecified atom stereocenters. The molecule has 23 heavy (non-hydrogen) atoms. The number of thiocarbonyl (C=S) groups is 1. The summed E-state index contributed by atoms with van der Waals surface area (Å²) in [5.74, 6) is -0.0872. The average Bonchev–Trinajstić information content (AvgIpc) is 3.13. The second kappa shape index (κ2) is 6.97. The molecule has 0 spiro atoms. The van der Waals surface area contributed by atoms with Crippen molar-refractivity contribution >= 4 is 40.7 Å². The Hall–Kier alpha value is -2.12. The number of nitrogens with zero attached hydrogens (tertiary/aromatic N) is 3. The van der Waals surface area contributed by atoms with Crippen LogP contribution in [-0.4, -0.2) is 32.4 Å². The highest BCUT2D eigenvalue weighted by molar-refractivity contribution is 7.80. The van der Waals surface area contributed by atoms with Crippen LogP contribution in [0.4, 0.5) is 0 Å². The molecule has 0 saturated carbocycles. The molecule has 0 bridgehead atoms. The molecule has 1 amide bonds. The van der Waals surface area contributed by atoms with Crippen LogP contribution in [-0.2, 0) is 4.79 Å². The fourth-order valence-electron chi connectivity index (χ4n) is 2.20. The minimum atomic E-state index is -0.0872. The van der Waals surface area contributed by atoms with Crippen LogP contribution in [0.25, 0.3) is 16.8 Å². The van der Waals surface area contributed by atoms with Gasteiger partial charge in [0.15, 0.2) is 5.11 Å². The molecule has 1 aliphatic heterocycles. The number of pyridine rings is 1. The Morgan fingerprint density at radius 1 is 1.43 bits per heavy atom. The Bertz CT molecular complexity index is 754. The van der Waals surface area contributed by atoms with Crippen molar-refractivity contribution in [3.8, 4) is 10.7 Å². The third kappa shape index (κ3) is 3.46. The molecule has 1 saturated heterocycles. The highest BCUT2D eigenvalue weighted by Crippen LogP contribution is 2.23. The van der Waals surface area contributed by atoms with Crippen molar-refractivity contribution < 1.29 is 4.79 Å². The smallest absolute Gasteiger partial charge is 0.276 e. The van der Waals surface area contributed by atoms with Crippen molar-refractivity contribution in [2.75, 3.05) is 6.54 Å². The number of hydrogen-bond acceptors (Lipinski definition) is 5. The summed E-state index contributed by atoms with van der Waals surface area (Å²) in [6.07, 6.45) is 5.43. The number of rotatable bonds is 5. The van der Waals surface area contributed by atoms with Gasteiger partial charge in [-0.15, -0.1) is 11.3 Å². The van der Waals surface area contributed by atoms with E-state index < -0.39 is 0 Å². The Morgan fingerprint density at radius 2 is 2.30 bits per heavy atom. The molecule has 2 aromatic rings. The van der Waals surface area contributed by atoms with Crippen molar-refractivity contribution in [2.45, 2.75) is 19.8 Å². The van der Waals surface area contributed by atoms with Gasteiger partial charge in [0.05, 0.1) is 11.4 Å². The van der Waals surface area contributed by atoms with E-state index in [9.17, 15) is 4.79 Å². The van der Waals surface area contributed by atoms with Gasteiger partial charge < -0.3 is 5.32 Å². The number of carbonyl (C=O) groups excluding carboxylic acids is 1. The summed E-state index contributed by atoms with van der Waals surface area (Å²) in [5.41, 5.74) is 2.03. The largest absolute Gasteiger partial charge is 0.328 e. The minimum absolute atomic E-state index is 0.0872. The van der Waals surface area contributed by atoms with Crippen molar-refractivity contribution in [1.29, 1.82) is 0 Å². The SMILES string of the molecule is CCCCN1C(=O)/C(=C\c2csc(-c3ccccn3)n2)NC1=S. The first-order valence-corrected chi connectivity index (χ1v) is 8.69. The fourth-order valence-corrected chi connectivity index (χ4v) is 3.24. The van der Waals surface area contributed by atoms with E-state index in [2.05, 4.69) is 22.2 Å². The summed E-state index contributed by atoms with van der Waals surface area (Å²) in [7, 11) is 0. The average molecular weight is 344 g/mol. The molecule has 1 fully saturated rings. The molecule has 0 aliphatic carbocycles. The molecular weight excluding hydrogens is 328 g/mol. The second-order valence-electron chi connectivity index (χ2n) is 5.09. The van der Waals surface area contributed by atoms with Crippen molar-refractivity contribution in [1.82, 2.24) is 20.2 Å². The second-order valence-corrected chi connectivity index (χ2v) is 6.34. The molecule has 1 N–H and O–H groups in total. The van der Waals surface area contributed by atoms with E-state index >= 15 is 0 Å². The first-order valence-electron chi connectivity index (χ1n) is 7.40. The molecule has 0 aromatic carbocycles. The van der Waals surface area contributed by atoms with Crippen molar-refractivity contribution in [2.24, 2.45) is 0 Å². The summed E-state index contributed by atoms with van der Waals surface area (Å²) < 4.78 is 0. The zero-order chi connectivity index (χ0) is 16.2. The zero-order valence-electron chi connectivity index (χ0n) is 12.7. The maximum Gasteiger partial charge on any atom is 0.276 e. The van der Waals surface area contributed by atoms with Crippen molar-refractivity contribution in [3.05, 3.63) is 41.2 Å². The lowest BCUT2D eigenvalue weighted by Crippen LogP contribution is -2.31. The summed E-state index contributed by atoms with van der Waals surface area (Å²) in [6.45, 7) is 2.73. The normalized spacial score (nSPS) is 16.2. The summed E-state index contributed by atoms with van der Waals surface area (Å²) in [6, 6.07) is 5.71. The van der Waals surface area contributed by atoms with E-state index in [0.717, 1.165) is 29.2 Å². The van der Waals surface area contributed by atoms with Crippen LogP contribution < -0.4 is 5.32 Å². The molecule has 2 aromatic heterocycles. The van der Waals surface area contributed by atoms with E-state index in [0.29, 0.717) is 17.4 Å². The molecule has 118 valence electrons.